The molecule has 0 spiro atoms. The SMILES string of the molecule is CCCN1C(=O)C(C)(C)COc2cc(NC(=O)NCCc3ccccc3)ccc21. The maximum absolute atomic E-state index is 12.9. The van der Waals surface area contributed by atoms with Crippen molar-refractivity contribution < 1.29 is 14.3 Å². The summed E-state index contributed by atoms with van der Waals surface area (Å²) in [7, 11) is 0. The highest BCUT2D eigenvalue weighted by Crippen LogP contribution is 2.38. The predicted molar refractivity (Wildman–Crippen MR) is 116 cm³/mol. The Balaban J connectivity index is 1.66. The Kier molecular flexibility index (Phi) is 6.42. The number of anilines is 2. The Labute approximate surface area is 172 Å². The number of ether oxygens (including phenoxy) is 1. The number of amides is 3. The van der Waals surface area contributed by atoms with Gasteiger partial charge < -0.3 is 20.3 Å². The first-order valence-electron chi connectivity index (χ1n) is 10.1. The molecule has 1 aliphatic heterocycles. The van der Waals surface area contributed by atoms with E-state index in [0.717, 1.165) is 18.5 Å². The van der Waals surface area contributed by atoms with Gasteiger partial charge in [0.25, 0.3) is 0 Å². The van der Waals surface area contributed by atoms with Crippen molar-refractivity contribution in [3.8, 4) is 5.75 Å². The molecule has 2 aromatic rings. The molecule has 0 fully saturated rings. The van der Waals surface area contributed by atoms with Crippen LogP contribution in [0.2, 0.25) is 0 Å². The van der Waals surface area contributed by atoms with E-state index in [-0.39, 0.29) is 11.9 Å². The van der Waals surface area contributed by atoms with Gasteiger partial charge in [0.1, 0.15) is 12.4 Å². The summed E-state index contributed by atoms with van der Waals surface area (Å²) in [5.41, 5.74) is 1.95. The van der Waals surface area contributed by atoms with Crippen LogP contribution in [0.3, 0.4) is 0 Å². The number of nitrogens with one attached hydrogen (secondary N) is 2. The van der Waals surface area contributed by atoms with E-state index in [0.29, 0.717) is 31.1 Å². The highest BCUT2D eigenvalue weighted by molar-refractivity contribution is 6.00. The molecule has 29 heavy (non-hydrogen) atoms. The van der Waals surface area contributed by atoms with Gasteiger partial charge in [-0.2, -0.15) is 0 Å². The van der Waals surface area contributed by atoms with Crippen molar-refractivity contribution in [1.82, 2.24) is 5.32 Å². The first-order chi connectivity index (χ1) is 13.9. The second kappa shape index (κ2) is 8.99. The summed E-state index contributed by atoms with van der Waals surface area (Å²) in [5, 5.41) is 5.71. The number of hydrogen-bond acceptors (Lipinski definition) is 3. The average Bonchev–Trinajstić information content (AvgIpc) is 2.79. The van der Waals surface area contributed by atoms with E-state index >= 15 is 0 Å². The van der Waals surface area contributed by atoms with Gasteiger partial charge in [0.05, 0.1) is 11.1 Å². The summed E-state index contributed by atoms with van der Waals surface area (Å²) < 4.78 is 5.94. The molecule has 0 atom stereocenters. The second-order valence-electron chi connectivity index (χ2n) is 7.93. The van der Waals surface area contributed by atoms with Crippen LogP contribution in [0.25, 0.3) is 0 Å². The summed E-state index contributed by atoms with van der Waals surface area (Å²) >= 11 is 0. The van der Waals surface area contributed by atoms with Crippen LogP contribution in [0.4, 0.5) is 16.2 Å². The monoisotopic (exact) mass is 395 g/mol. The zero-order valence-corrected chi connectivity index (χ0v) is 17.3. The largest absolute Gasteiger partial charge is 0.490 e. The fourth-order valence-electron chi connectivity index (χ4n) is 3.31. The first-order valence-corrected chi connectivity index (χ1v) is 10.1. The maximum atomic E-state index is 12.9. The van der Waals surface area contributed by atoms with Gasteiger partial charge in [0.2, 0.25) is 5.91 Å². The molecular weight excluding hydrogens is 366 g/mol. The van der Waals surface area contributed by atoms with Crippen LogP contribution in [0.15, 0.2) is 48.5 Å². The lowest BCUT2D eigenvalue weighted by Gasteiger charge is -2.27. The van der Waals surface area contributed by atoms with Crippen LogP contribution in [-0.2, 0) is 11.2 Å². The van der Waals surface area contributed by atoms with Gasteiger partial charge in [0, 0.05) is 24.8 Å². The predicted octanol–water partition coefficient (Wildman–Crippen LogP) is 4.21. The van der Waals surface area contributed by atoms with E-state index in [9.17, 15) is 9.59 Å². The molecule has 6 nitrogen and oxygen atoms in total. The number of rotatable bonds is 6. The van der Waals surface area contributed by atoms with Crippen LogP contribution in [0, 0.1) is 5.41 Å². The van der Waals surface area contributed by atoms with Crippen molar-refractivity contribution in [2.75, 3.05) is 29.9 Å². The average molecular weight is 396 g/mol. The number of hydrogen-bond donors (Lipinski definition) is 2. The van der Waals surface area contributed by atoms with Gasteiger partial charge in [-0.25, -0.2) is 4.79 Å². The van der Waals surface area contributed by atoms with Crippen LogP contribution >= 0.6 is 0 Å². The molecule has 0 saturated carbocycles. The third-order valence-corrected chi connectivity index (χ3v) is 4.91. The molecule has 0 aliphatic carbocycles. The molecule has 1 aliphatic rings. The third kappa shape index (κ3) is 5.08. The summed E-state index contributed by atoms with van der Waals surface area (Å²) in [6.07, 6.45) is 1.62. The highest BCUT2D eigenvalue weighted by Gasteiger charge is 2.37. The zero-order valence-electron chi connectivity index (χ0n) is 17.3. The van der Waals surface area contributed by atoms with E-state index in [4.69, 9.17) is 4.74 Å². The molecule has 0 radical (unpaired) electrons. The third-order valence-electron chi connectivity index (χ3n) is 4.91. The van der Waals surface area contributed by atoms with Gasteiger partial charge >= 0.3 is 6.03 Å². The Bertz CT molecular complexity index is 865. The lowest BCUT2D eigenvalue weighted by atomic mass is 9.93. The van der Waals surface area contributed by atoms with Crippen LogP contribution < -0.4 is 20.3 Å². The number of benzene rings is 2. The van der Waals surface area contributed by atoms with Gasteiger partial charge in [0.15, 0.2) is 0 Å². The van der Waals surface area contributed by atoms with Crippen molar-refractivity contribution in [2.24, 2.45) is 5.41 Å². The fraction of sp³-hybridized carbons (Fsp3) is 0.391. The Morgan fingerprint density at radius 3 is 2.66 bits per heavy atom. The molecule has 3 rings (SSSR count). The molecule has 0 aromatic heterocycles. The Morgan fingerprint density at radius 1 is 1.17 bits per heavy atom. The fourth-order valence-corrected chi connectivity index (χ4v) is 3.31. The van der Waals surface area contributed by atoms with Crippen molar-refractivity contribution in [1.29, 1.82) is 0 Å². The number of urea groups is 1. The molecule has 6 heteroatoms. The molecular formula is C23H29N3O3. The smallest absolute Gasteiger partial charge is 0.319 e. The van der Waals surface area contributed by atoms with Gasteiger partial charge in [-0.3, -0.25) is 4.79 Å². The lowest BCUT2D eigenvalue weighted by molar-refractivity contribution is -0.127. The summed E-state index contributed by atoms with van der Waals surface area (Å²) in [5.74, 6) is 0.664. The van der Waals surface area contributed by atoms with Crippen molar-refractivity contribution in [3.63, 3.8) is 0 Å². The van der Waals surface area contributed by atoms with E-state index in [1.54, 1.807) is 17.0 Å². The van der Waals surface area contributed by atoms with Crippen LogP contribution in [0.5, 0.6) is 5.75 Å². The topological polar surface area (TPSA) is 70.7 Å². The van der Waals surface area contributed by atoms with Crippen LogP contribution in [-0.4, -0.2) is 31.6 Å². The molecule has 2 aromatic carbocycles. The van der Waals surface area contributed by atoms with Gasteiger partial charge in [-0.1, -0.05) is 37.3 Å². The first kappa shape index (κ1) is 20.7. The highest BCUT2D eigenvalue weighted by atomic mass is 16.5. The Morgan fingerprint density at radius 2 is 1.93 bits per heavy atom. The molecule has 1 heterocycles. The van der Waals surface area contributed by atoms with Crippen molar-refractivity contribution in [2.45, 2.75) is 33.6 Å². The molecule has 0 unspecified atom stereocenters. The summed E-state index contributed by atoms with van der Waals surface area (Å²) in [4.78, 5) is 26.9. The van der Waals surface area contributed by atoms with Crippen molar-refractivity contribution in [3.05, 3.63) is 54.1 Å². The number of nitrogens with zero attached hydrogens (tertiary/aromatic N) is 1. The quantitative estimate of drug-likeness (QED) is 0.770. The summed E-state index contributed by atoms with van der Waals surface area (Å²) in [6, 6.07) is 15.2. The molecule has 0 saturated heterocycles. The van der Waals surface area contributed by atoms with Gasteiger partial charge in [-0.15, -0.1) is 0 Å². The minimum Gasteiger partial charge on any atom is -0.490 e. The number of carbonyl (C=O) groups excluding carboxylic acids is 2. The van der Waals surface area contributed by atoms with Gasteiger partial charge in [-0.05, 0) is 44.4 Å². The van der Waals surface area contributed by atoms with E-state index < -0.39 is 5.41 Å². The van der Waals surface area contributed by atoms with E-state index in [1.165, 1.54) is 5.56 Å². The number of fused-ring (bicyclic) bond motifs is 1. The number of carbonyl (C=O) groups is 2. The normalized spacial score (nSPS) is 15.1. The summed E-state index contributed by atoms with van der Waals surface area (Å²) in [6.45, 7) is 7.30. The maximum Gasteiger partial charge on any atom is 0.319 e. The minimum atomic E-state index is -0.601. The molecule has 2 N–H and O–H groups in total. The Hall–Kier alpha value is -3.02. The molecule has 0 bridgehead atoms. The standard InChI is InChI=1S/C23H29N3O3/c1-4-14-26-19-11-10-18(15-20(19)29-16-23(2,3)21(26)27)25-22(28)24-13-12-17-8-6-5-7-9-17/h5-11,15H,4,12-14,16H2,1-3H3,(H2,24,25,28). The molecule has 3 amide bonds. The lowest BCUT2D eigenvalue weighted by Crippen LogP contribution is -2.42. The minimum absolute atomic E-state index is 0.0532. The second-order valence-corrected chi connectivity index (χ2v) is 7.93. The van der Waals surface area contributed by atoms with Crippen molar-refractivity contribution >= 4 is 23.3 Å². The zero-order chi connectivity index (χ0) is 20.9. The van der Waals surface area contributed by atoms with E-state index in [2.05, 4.69) is 10.6 Å². The van der Waals surface area contributed by atoms with Crippen LogP contribution in [0.1, 0.15) is 32.8 Å². The van der Waals surface area contributed by atoms with E-state index in [1.807, 2.05) is 57.2 Å². The molecule has 154 valence electrons.